The first-order chi connectivity index (χ1) is 13.5. The molecule has 0 unspecified atom stereocenters. The third kappa shape index (κ3) is 5.94. The summed E-state index contributed by atoms with van der Waals surface area (Å²) >= 11 is 0. The lowest BCUT2D eigenvalue weighted by molar-refractivity contribution is -0.124. The van der Waals surface area contributed by atoms with E-state index >= 15 is 0 Å². The van der Waals surface area contributed by atoms with Crippen molar-refractivity contribution in [3.8, 4) is 0 Å². The van der Waals surface area contributed by atoms with E-state index in [1.807, 2.05) is 13.8 Å². The molecule has 2 rings (SSSR count). The summed E-state index contributed by atoms with van der Waals surface area (Å²) in [6.07, 6.45) is 2.02. The van der Waals surface area contributed by atoms with Crippen LogP contribution >= 0.6 is 0 Å². The molecule has 0 aromatic heterocycles. The summed E-state index contributed by atoms with van der Waals surface area (Å²) in [6, 6.07) is 4.41. The summed E-state index contributed by atoms with van der Waals surface area (Å²) in [5.41, 5.74) is 0.300. The van der Waals surface area contributed by atoms with Gasteiger partial charge in [0.05, 0.1) is 0 Å². The number of likely N-dealkylation sites (tertiary alicyclic amines) is 1. The SMILES string of the molecule is CCCNC(=O)[C@@H](NC(=O)c1ccc(F)cc1)C1CCN(C(=O)NCC)CC1. The van der Waals surface area contributed by atoms with Gasteiger partial charge in [0.1, 0.15) is 11.9 Å². The molecule has 0 radical (unpaired) electrons. The minimum atomic E-state index is -0.694. The molecule has 0 bridgehead atoms. The molecule has 0 saturated carbocycles. The van der Waals surface area contributed by atoms with Gasteiger partial charge in [-0.25, -0.2) is 9.18 Å². The number of piperidine rings is 1. The topological polar surface area (TPSA) is 90.5 Å². The summed E-state index contributed by atoms with van der Waals surface area (Å²) < 4.78 is 13.1. The van der Waals surface area contributed by atoms with Crippen molar-refractivity contribution in [2.24, 2.45) is 5.92 Å². The second-order valence-corrected chi connectivity index (χ2v) is 6.91. The molecule has 28 heavy (non-hydrogen) atoms. The van der Waals surface area contributed by atoms with Gasteiger partial charge in [-0.15, -0.1) is 0 Å². The van der Waals surface area contributed by atoms with Crippen LogP contribution in [0.1, 0.15) is 43.5 Å². The van der Waals surface area contributed by atoms with Gasteiger partial charge in [-0.1, -0.05) is 6.92 Å². The van der Waals surface area contributed by atoms with Gasteiger partial charge < -0.3 is 20.9 Å². The highest BCUT2D eigenvalue weighted by Crippen LogP contribution is 2.22. The Morgan fingerprint density at radius 1 is 1.11 bits per heavy atom. The molecule has 0 spiro atoms. The van der Waals surface area contributed by atoms with Gasteiger partial charge in [0, 0.05) is 31.7 Å². The van der Waals surface area contributed by atoms with Crippen molar-refractivity contribution < 1.29 is 18.8 Å². The van der Waals surface area contributed by atoms with E-state index < -0.39 is 17.8 Å². The largest absolute Gasteiger partial charge is 0.354 e. The first kappa shape index (κ1) is 21.7. The Kier molecular flexibility index (Phi) is 8.22. The number of carbonyl (C=O) groups excluding carboxylic acids is 3. The van der Waals surface area contributed by atoms with E-state index in [1.54, 1.807) is 4.90 Å². The van der Waals surface area contributed by atoms with Crippen molar-refractivity contribution in [3.63, 3.8) is 0 Å². The van der Waals surface area contributed by atoms with E-state index in [9.17, 15) is 18.8 Å². The molecule has 1 heterocycles. The normalized spacial score (nSPS) is 15.6. The second-order valence-electron chi connectivity index (χ2n) is 6.91. The monoisotopic (exact) mass is 392 g/mol. The minimum absolute atomic E-state index is 0.0769. The van der Waals surface area contributed by atoms with Crippen LogP contribution in [0.5, 0.6) is 0 Å². The van der Waals surface area contributed by atoms with Crippen LogP contribution in [0.2, 0.25) is 0 Å². The Morgan fingerprint density at radius 2 is 1.75 bits per heavy atom. The molecule has 1 aliphatic rings. The number of hydrogen-bond acceptors (Lipinski definition) is 3. The number of benzene rings is 1. The van der Waals surface area contributed by atoms with Crippen LogP contribution in [0.15, 0.2) is 24.3 Å². The Balaban J connectivity index is 2.05. The van der Waals surface area contributed by atoms with E-state index in [0.29, 0.717) is 44.6 Å². The molecule has 154 valence electrons. The Labute approximate surface area is 165 Å². The maximum Gasteiger partial charge on any atom is 0.317 e. The highest BCUT2D eigenvalue weighted by molar-refractivity contribution is 5.97. The van der Waals surface area contributed by atoms with Gasteiger partial charge >= 0.3 is 6.03 Å². The Hall–Kier alpha value is -2.64. The van der Waals surface area contributed by atoms with Crippen molar-refractivity contribution in [1.82, 2.24) is 20.9 Å². The van der Waals surface area contributed by atoms with Crippen LogP contribution in [0.25, 0.3) is 0 Å². The van der Waals surface area contributed by atoms with Gasteiger partial charge in [0.25, 0.3) is 5.91 Å². The zero-order chi connectivity index (χ0) is 20.5. The van der Waals surface area contributed by atoms with Crippen LogP contribution in [0, 0.1) is 11.7 Å². The molecule has 1 fully saturated rings. The van der Waals surface area contributed by atoms with Crippen LogP contribution in [-0.4, -0.2) is 55.0 Å². The summed E-state index contributed by atoms with van der Waals surface area (Å²) in [4.78, 5) is 38.9. The van der Waals surface area contributed by atoms with E-state index in [-0.39, 0.29) is 17.9 Å². The second kappa shape index (κ2) is 10.6. The number of amides is 4. The standard InChI is InChI=1S/C20H29FN4O3/c1-3-11-23-19(27)17(24-18(26)15-5-7-16(21)8-6-15)14-9-12-25(13-10-14)20(28)22-4-2/h5-8,14,17H,3-4,9-13H2,1-2H3,(H,22,28)(H,23,27)(H,24,26)/t17-/m0/s1. The number of rotatable bonds is 7. The molecule has 1 aromatic rings. The summed E-state index contributed by atoms with van der Waals surface area (Å²) in [5.74, 6) is -1.14. The van der Waals surface area contributed by atoms with Crippen LogP contribution in [-0.2, 0) is 4.79 Å². The molecule has 8 heteroatoms. The molecule has 4 amide bonds. The third-order valence-electron chi connectivity index (χ3n) is 4.85. The fourth-order valence-corrected chi connectivity index (χ4v) is 3.28. The first-order valence-corrected chi connectivity index (χ1v) is 9.83. The number of carbonyl (C=O) groups is 3. The van der Waals surface area contributed by atoms with Crippen LogP contribution in [0.3, 0.4) is 0 Å². The number of urea groups is 1. The van der Waals surface area contributed by atoms with Gasteiger partial charge in [-0.2, -0.15) is 0 Å². The van der Waals surface area contributed by atoms with Crippen molar-refractivity contribution in [1.29, 1.82) is 0 Å². The molecule has 7 nitrogen and oxygen atoms in total. The van der Waals surface area contributed by atoms with Gasteiger partial charge in [0.15, 0.2) is 0 Å². The predicted molar refractivity (Wildman–Crippen MR) is 104 cm³/mol. The van der Waals surface area contributed by atoms with E-state index in [0.717, 1.165) is 6.42 Å². The quantitative estimate of drug-likeness (QED) is 0.662. The van der Waals surface area contributed by atoms with E-state index in [1.165, 1.54) is 24.3 Å². The number of nitrogens with one attached hydrogen (secondary N) is 3. The smallest absolute Gasteiger partial charge is 0.317 e. The molecule has 1 atom stereocenters. The maximum absolute atomic E-state index is 13.1. The fourth-order valence-electron chi connectivity index (χ4n) is 3.28. The van der Waals surface area contributed by atoms with Crippen molar-refractivity contribution in [3.05, 3.63) is 35.6 Å². The number of hydrogen-bond donors (Lipinski definition) is 3. The Morgan fingerprint density at radius 3 is 2.32 bits per heavy atom. The average molecular weight is 392 g/mol. The lowest BCUT2D eigenvalue weighted by atomic mass is 9.88. The number of nitrogens with zero attached hydrogens (tertiary/aromatic N) is 1. The molecular formula is C20H29FN4O3. The summed E-state index contributed by atoms with van der Waals surface area (Å²) in [5, 5.41) is 8.43. The predicted octanol–water partition coefficient (Wildman–Crippen LogP) is 1.89. The summed E-state index contributed by atoms with van der Waals surface area (Å²) in [6.45, 7) is 5.97. The summed E-state index contributed by atoms with van der Waals surface area (Å²) in [7, 11) is 0. The molecule has 1 aromatic carbocycles. The average Bonchev–Trinajstić information content (AvgIpc) is 2.71. The lowest BCUT2D eigenvalue weighted by Crippen LogP contribution is -2.54. The highest BCUT2D eigenvalue weighted by Gasteiger charge is 2.33. The molecule has 3 N–H and O–H groups in total. The Bertz CT molecular complexity index is 673. The van der Waals surface area contributed by atoms with Crippen molar-refractivity contribution in [2.45, 2.75) is 39.2 Å². The van der Waals surface area contributed by atoms with Gasteiger partial charge in [0.2, 0.25) is 5.91 Å². The van der Waals surface area contributed by atoms with Crippen molar-refractivity contribution in [2.75, 3.05) is 26.2 Å². The zero-order valence-corrected chi connectivity index (χ0v) is 16.5. The number of halogens is 1. The van der Waals surface area contributed by atoms with Crippen LogP contribution < -0.4 is 16.0 Å². The lowest BCUT2D eigenvalue weighted by Gasteiger charge is -2.35. The van der Waals surface area contributed by atoms with E-state index in [4.69, 9.17) is 0 Å². The van der Waals surface area contributed by atoms with Gasteiger partial charge in [-0.05, 0) is 56.4 Å². The minimum Gasteiger partial charge on any atom is -0.354 e. The molecule has 1 aliphatic heterocycles. The molecular weight excluding hydrogens is 363 g/mol. The molecule has 0 aliphatic carbocycles. The third-order valence-corrected chi connectivity index (χ3v) is 4.85. The fraction of sp³-hybridized carbons (Fsp3) is 0.550. The zero-order valence-electron chi connectivity index (χ0n) is 16.5. The maximum atomic E-state index is 13.1. The van der Waals surface area contributed by atoms with Crippen LogP contribution in [0.4, 0.5) is 9.18 Å². The van der Waals surface area contributed by atoms with Gasteiger partial charge in [-0.3, -0.25) is 9.59 Å². The molecule has 1 saturated heterocycles. The van der Waals surface area contributed by atoms with E-state index in [2.05, 4.69) is 16.0 Å². The van der Waals surface area contributed by atoms with Crippen molar-refractivity contribution >= 4 is 17.8 Å². The highest BCUT2D eigenvalue weighted by atomic mass is 19.1. The first-order valence-electron chi connectivity index (χ1n) is 9.83.